The zero-order valence-electron chi connectivity index (χ0n) is 12.2. The van der Waals surface area contributed by atoms with E-state index in [-0.39, 0.29) is 11.2 Å². The largest absolute Gasteiger partial charge is 0.378 e. The maximum atomic E-state index is 12.6. The van der Waals surface area contributed by atoms with E-state index < -0.39 is 4.92 Å². The van der Waals surface area contributed by atoms with Crippen molar-refractivity contribution in [3.8, 4) is 0 Å². The second-order valence-corrected chi connectivity index (χ2v) is 5.02. The fraction of sp³-hybridized carbons (Fsp3) is 0.429. The third-order valence-electron chi connectivity index (χ3n) is 3.74. The van der Waals surface area contributed by atoms with Crippen LogP contribution in [0, 0.1) is 10.1 Å². The van der Waals surface area contributed by atoms with Crippen molar-refractivity contribution in [2.24, 2.45) is 0 Å². The van der Waals surface area contributed by atoms with Gasteiger partial charge in [-0.2, -0.15) is 0 Å². The van der Waals surface area contributed by atoms with E-state index in [1.807, 2.05) is 11.8 Å². The summed E-state index contributed by atoms with van der Waals surface area (Å²) >= 11 is 0. The van der Waals surface area contributed by atoms with Crippen molar-refractivity contribution < 1.29 is 9.66 Å². The molecule has 116 valence electrons. The van der Waals surface area contributed by atoms with E-state index in [1.54, 1.807) is 4.57 Å². The van der Waals surface area contributed by atoms with Gasteiger partial charge in [-0.25, -0.2) is 4.98 Å². The van der Waals surface area contributed by atoms with E-state index in [1.165, 1.54) is 18.2 Å². The number of nitrogens with zero attached hydrogens (tertiary/aromatic N) is 4. The molecule has 22 heavy (non-hydrogen) atoms. The molecule has 8 nitrogen and oxygen atoms in total. The summed E-state index contributed by atoms with van der Waals surface area (Å²) in [5.74, 6) is 0.545. The lowest BCUT2D eigenvalue weighted by molar-refractivity contribution is -0.384. The second-order valence-electron chi connectivity index (χ2n) is 5.02. The van der Waals surface area contributed by atoms with Gasteiger partial charge in [0, 0.05) is 31.8 Å². The Morgan fingerprint density at radius 2 is 2.09 bits per heavy atom. The first-order valence-electron chi connectivity index (χ1n) is 7.13. The Bertz CT molecular complexity index is 780. The van der Waals surface area contributed by atoms with E-state index in [0.717, 1.165) is 0 Å². The Balaban J connectivity index is 2.21. The molecule has 2 heterocycles. The molecule has 1 aromatic carbocycles. The van der Waals surface area contributed by atoms with Gasteiger partial charge in [-0.3, -0.25) is 19.5 Å². The van der Waals surface area contributed by atoms with Crippen molar-refractivity contribution in [3.63, 3.8) is 0 Å². The van der Waals surface area contributed by atoms with Gasteiger partial charge in [0.05, 0.1) is 29.0 Å². The molecule has 2 aromatic rings. The summed E-state index contributed by atoms with van der Waals surface area (Å²) in [4.78, 5) is 29.5. The lowest BCUT2D eigenvalue weighted by Gasteiger charge is -2.29. The number of anilines is 1. The van der Waals surface area contributed by atoms with Crippen molar-refractivity contribution in [2.75, 3.05) is 31.2 Å². The minimum Gasteiger partial charge on any atom is -0.378 e. The topological polar surface area (TPSA) is 90.5 Å². The molecule has 1 saturated heterocycles. The van der Waals surface area contributed by atoms with Gasteiger partial charge in [0.2, 0.25) is 5.95 Å². The van der Waals surface area contributed by atoms with Crippen LogP contribution in [0.1, 0.15) is 6.92 Å². The first kappa shape index (κ1) is 14.5. The second kappa shape index (κ2) is 5.72. The first-order chi connectivity index (χ1) is 10.6. The van der Waals surface area contributed by atoms with Gasteiger partial charge in [-0.1, -0.05) is 0 Å². The highest BCUT2D eigenvalue weighted by Gasteiger charge is 2.19. The number of nitro benzene ring substituents is 1. The molecule has 0 N–H and O–H groups in total. The first-order valence-corrected chi connectivity index (χ1v) is 7.13. The Morgan fingerprint density at radius 3 is 2.73 bits per heavy atom. The van der Waals surface area contributed by atoms with Crippen LogP contribution in [0.15, 0.2) is 23.0 Å². The van der Waals surface area contributed by atoms with E-state index in [2.05, 4.69) is 4.98 Å². The summed E-state index contributed by atoms with van der Waals surface area (Å²) in [5.41, 5.74) is 0.107. The lowest BCUT2D eigenvalue weighted by Crippen LogP contribution is -2.40. The number of benzene rings is 1. The molecule has 8 heteroatoms. The third kappa shape index (κ3) is 2.41. The Kier molecular flexibility index (Phi) is 3.76. The Morgan fingerprint density at radius 1 is 1.36 bits per heavy atom. The molecule has 1 aromatic heterocycles. The van der Waals surface area contributed by atoms with Crippen molar-refractivity contribution in [2.45, 2.75) is 13.5 Å². The molecule has 0 bridgehead atoms. The standard InChI is InChI=1S/C14H16N4O4/c1-2-17-13(19)11-4-3-10(18(20)21)9-12(11)15-14(17)16-5-7-22-8-6-16/h3-4,9H,2,5-8H2,1H3. The summed E-state index contributed by atoms with van der Waals surface area (Å²) in [6.45, 7) is 4.81. The average Bonchev–Trinajstić information content (AvgIpc) is 2.55. The number of hydrogen-bond acceptors (Lipinski definition) is 6. The van der Waals surface area contributed by atoms with Crippen molar-refractivity contribution >= 4 is 22.5 Å². The zero-order valence-corrected chi connectivity index (χ0v) is 12.2. The predicted molar refractivity (Wildman–Crippen MR) is 81.4 cm³/mol. The van der Waals surface area contributed by atoms with E-state index in [0.29, 0.717) is 49.7 Å². The molecular weight excluding hydrogens is 288 g/mol. The van der Waals surface area contributed by atoms with Crippen LogP contribution in [0.25, 0.3) is 10.9 Å². The fourth-order valence-electron chi connectivity index (χ4n) is 2.60. The van der Waals surface area contributed by atoms with Crippen LogP contribution in [-0.2, 0) is 11.3 Å². The normalized spacial score (nSPS) is 15.2. The van der Waals surface area contributed by atoms with E-state index in [4.69, 9.17) is 4.74 Å². The van der Waals surface area contributed by atoms with Crippen molar-refractivity contribution in [1.29, 1.82) is 0 Å². The van der Waals surface area contributed by atoms with Crippen molar-refractivity contribution in [3.05, 3.63) is 38.7 Å². The molecule has 1 aliphatic rings. The number of fused-ring (bicyclic) bond motifs is 1. The summed E-state index contributed by atoms with van der Waals surface area (Å²) in [6, 6.07) is 4.15. The molecule has 0 aliphatic carbocycles. The number of rotatable bonds is 3. The number of hydrogen-bond donors (Lipinski definition) is 0. The maximum absolute atomic E-state index is 12.6. The van der Waals surface area contributed by atoms with Crippen LogP contribution in [0.2, 0.25) is 0 Å². The SMILES string of the molecule is CCn1c(N2CCOCC2)nc2cc([N+](=O)[O-])ccc2c1=O. The molecule has 1 fully saturated rings. The van der Waals surface area contributed by atoms with Crippen LogP contribution in [0.4, 0.5) is 11.6 Å². The summed E-state index contributed by atoms with van der Waals surface area (Å²) in [7, 11) is 0. The average molecular weight is 304 g/mol. The Hall–Kier alpha value is -2.48. The third-order valence-corrected chi connectivity index (χ3v) is 3.74. The van der Waals surface area contributed by atoms with Crippen LogP contribution >= 0.6 is 0 Å². The molecule has 0 radical (unpaired) electrons. The summed E-state index contributed by atoms with van der Waals surface area (Å²) in [5, 5.41) is 11.3. The molecule has 0 saturated carbocycles. The number of non-ortho nitro benzene ring substituents is 1. The monoisotopic (exact) mass is 304 g/mol. The number of nitro groups is 1. The molecular formula is C14H16N4O4. The highest BCUT2D eigenvalue weighted by Crippen LogP contribution is 2.20. The number of morpholine rings is 1. The van der Waals surface area contributed by atoms with Crippen LogP contribution in [0.3, 0.4) is 0 Å². The van der Waals surface area contributed by atoms with Gasteiger partial charge in [0.25, 0.3) is 11.2 Å². The molecule has 0 amide bonds. The maximum Gasteiger partial charge on any atom is 0.271 e. The number of aromatic nitrogens is 2. The van der Waals surface area contributed by atoms with Gasteiger partial charge in [0.15, 0.2) is 0 Å². The quantitative estimate of drug-likeness (QED) is 0.624. The van der Waals surface area contributed by atoms with Gasteiger partial charge < -0.3 is 9.64 Å². The minimum absolute atomic E-state index is 0.0680. The minimum atomic E-state index is -0.485. The van der Waals surface area contributed by atoms with E-state index in [9.17, 15) is 14.9 Å². The van der Waals surface area contributed by atoms with Gasteiger partial charge in [-0.05, 0) is 13.0 Å². The van der Waals surface area contributed by atoms with Crippen LogP contribution in [-0.4, -0.2) is 40.8 Å². The van der Waals surface area contributed by atoms with Gasteiger partial charge in [-0.15, -0.1) is 0 Å². The van der Waals surface area contributed by atoms with Crippen molar-refractivity contribution in [1.82, 2.24) is 9.55 Å². The van der Waals surface area contributed by atoms with Gasteiger partial charge in [0.1, 0.15) is 0 Å². The highest BCUT2D eigenvalue weighted by molar-refractivity contribution is 5.81. The van der Waals surface area contributed by atoms with Crippen LogP contribution in [0.5, 0.6) is 0 Å². The summed E-state index contributed by atoms with van der Waals surface area (Å²) in [6.07, 6.45) is 0. The molecule has 3 rings (SSSR count). The lowest BCUT2D eigenvalue weighted by atomic mass is 10.2. The smallest absolute Gasteiger partial charge is 0.271 e. The number of ether oxygens (including phenoxy) is 1. The molecule has 0 unspecified atom stereocenters. The zero-order chi connectivity index (χ0) is 15.7. The van der Waals surface area contributed by atoms with E-state index >= 15 is 0 Å². The Labute approximate surface area is 126 Å². The fourth-order valence-corrected chi connectivity index (χ4v) is 2.60. The highest BCUT2D eigenvalue weighted by atomic mass is 16.6. The van der Waals surface area contributed by atoms with Gasteiger partial charge >= 0.3 is 0 Å². The molecule has 0 spiro atoms. The molecule has 1 aliphatic heterocycles. The van der Waals surface area contributed by atoms with Crippen LogP contribution < -0.4 is 10.5 Å². The molecule has 0 atom stereocenters. The summed E-state index contributed by atoms with van der Waals surface area (Å²) < 4.78 is 6.91. The predicted octanol–water partition coefficient (Wildman–Crippen LogP) is 1.16.